The van der Waals surface area contributed by atoms with Crippen molar-refractivity contribution in [3.05, 3.63) is 24.3 Å². The number of anilines is 1. The topological polar surface area (TPSA) is 108 Å². The summed E-state index contributed by atoms with van der Waals surface area (Å²) in [6, 6.07) is 6.94. The third-order valence-corrected chi connectivity index (χ3v) is 11.6. The van der Waals surface area contributed by atoms with E-state index in [4.69, 9.17) is 9.84 Å². The van der Waals surface area contributed by atoms with Crippen molar-refractivity contribution in [3.8, 4) is 5.75 Å². The molecular formula is C31H45N3O5S. The fraction of sp³-hybridized carbons (Fsp3) is 0.710. The standard InChI is InChI=1S/C31H45N3O5S/c1-3-39-23-15-13-22(14-16-23)32-28(36)25-24-19-20(2)31(40-24)26(25)30(38)34(17-9-4-5-10-18-35)27(31)29(37)33-21-11-7-6-8-12-21/h13-16,20-21,24-27,35H,3-12,17-19H2,1-2H3,(H,32,36)(H,33,37)/t20?,24-,25+,26-,27?,31?/m0/s1. The van der Waals surface area contributed by atoms with Crippen LogP contribution in [0.5, 0.6) is 5.75 Å². The summed E-state index contributed by atoms with van der Waals surface area (Å²) < 4.78 is 4.93. The number of nitrogens with zero attached hydrogens (tertiary/aromatic N) is 1. The monoisotopic (exact) mass is 571 g/mol. The molecule has 1 aromatic carbocycles. The predicted octanol–water partition coefficient (Wildman–Crippen LogP) is 4.36. The van der Waals surface area contributed by atoms with E-state index in [1.54, 1.807) is 11.8 Å². The molecule has 9 heteroatoms. The molecule has 8 nitrogen and oxygen atoms in total. The fourth-order valence-electron chi connectivity index (χ4n) is 7.66. The largest absolute Gasteiger partial charge is 0.494 e. The van der Waals surface area contributed by atoms with Crippen LogP contribution in [0, 0.1) is 17.8 Å². The summed E-state index contributed by atoms with van der Waals surface area (Å²) in [4.78, 5) is 43.9. The number of nitrogens with one attached hydrogen (secondary N) is 2. The van der Waals surface area contributed by atoms with Gasteiger partial charge in [0.05, 0.1) is 23.2 Å². The highest BCUT2D eigenvalue weighted by molar-refractivity contribution is 8.02. The van der Waals surface area contributed by atoms with Gasteiger partial charge in [0.1, 0.15) is 11.8 Å². The number of aliphatic hydroxyl groups excluding tert-OH is 1. The summed E-state index contributed by atoms with van der Waals surface area (Å²) in [5, 5.41) is 15.6. The second kappa shape index (κ2) is 12.7. The van der Waals surface area contributed by atoms with Gasteiger partial charge >= 0.3 is 0 Å². The van der Waals surface area contributed by atoms with Crippen molar-refractivity contribution in [1.29, 1.82) is 0 Å². The Morgan fingerprint density at radius 1 is 1.07 bits per heavy atom. The molecule has 3 N–H and O–H groups in total. The zero-order chi connectivity index (χ0) is 28.3. The molecule has 0 radical (unpaired) electrons. The summed E-state index contributed by atoms with van der Waals surface area (Å²) >= 11 is 1.73. The van der Waals surface area contributed by atoms with Gasteiger partial charge in [0.2, 0.25) is 17.7 Å². The van der Waals surface area contributed by atoms with Crippen LogP contribution in [0.25, 0.3) is 0 Å². The molecular weight excluding hydrogens is 526 g/mol. The van der Waals surface area contributed by atoms with E-state index in [0.29, 0.717) is 18.8 Å². The van der Waals surface area contributed by atoms with Gasteiger partial charge in [0.15, 0.2) is 0 Å². The number of unbranched alkanes of at least 4 members (excludes halogenated alkanes) is 3. The van der Waals surface area contributed by atoms with E-state index in [2.05, 4.69) is 17.6 Å². The van der Waals surface area contributed by atoms with Crippen molar-refractivity contribution >= 4 is 35.2 Å². The first-order chi connectivity index (χ1) is 19.4. The molecule has 2 bridgehead atoms. The number of benzene rings is 1. The molecule has 4 aliphatic rings. The quantitative estimate of drug-likeness (QED) is 0.322. The molecule has 3 saturated heterocycles. The Labute approximate surface area is 242 Å². The van der Waals surface area contributed by atoms with Crippen molar-refractivity contribution in [1.82, 2.24) is 10.2 Å². The third-order valence-electron chi connectivity index (χ3n) is 9.49. The molecule has 3 aliphatic heterocycles. The lowest BCUT2D eigenvalue weighted by atomic mass is 9.65. The first-order valence-electron chi connectivity index (χ1n) is 15.3. The van der Waals surface area contributed by atoms with E-state index >= 15 is 0 Å². The molecule has 1 aliphatic carbocycles. The minimum atomic E-state index is -0.591. The van der Waals surface area contributed by atoms with Crippen LogP contribution in [0.1, 0.15) is 78.1 Å². The number of carbonyl (C=O) groups excluding carboxylic acids is 3. The van der Waals surface area contributed by atoms with Gasteiger partial charge in [-0.2, -0.15) is 0 Å². The van der Waals surface area contributed by atoms with Crippen LogP contribution in [0.2, 0.25) is 0 Å². The van der Waals surface area contributed by atoms with Crippen LogP contribution in [0.4, 0.5) is 5.69 Å². The number of likely N-dealkylation sites (tertiary alicyclic amines) is 1. The fourth-order valence-corrected chi connectivity index (χ4v) is 10.1. The molecule has 1 spiro atoms. The summed E-state index contributed by atoms with van der Waals surface area (Å²) in [6.07, 6.45) is 9.58. The highest BCUT2D eigenvalue weighted by Crippen LogP contribution is 2.68. The maximum Gasteiger partial charge on any atom is 0.244 e. The SMILES string of the molecule is CCOc1ccc(NC(=O)[C@@H]2[C@@H]3CC(C)C4(S3)C(C(=O)NC3CCCCC3)N(CCCCCCO)C(=O)[C@H]24)cc1. The van der Waals surface area contributed by atoms with E-state index in [0.717, 1.165) is 63.5 Å². The Bertz CT molecular complexity index is 1060. The van der Waals surface area contributed by atoms with Gasteiger partial charge in [0.25, 0.3) is 0 Å². The number of fused-ring (bicyclic) bond motifs is 1. The summed E-state index contributed by atoms with van der Waals surface area (Å²) in [5.74, 6) is -0.281. The summed E-state index contributed by atoms with van der Waals surface area (Å²) in [5.41, 5.74) is 0.682. The van der Waals surface area contributed by atoms with Gasteiger partial charge in [-0.1, -0.05) is 39.0 Å². The number of carbonyl (C=O) groups is 3. The van der Waals surface area contributed by atoms with Crippen LogP contribution >= 0.6 is 11.8 Å². The van der Waals surface area contributed by atoms with E-state index < -0.39 is 22.6 Å². The number of thioether (sulfide) groups is 1. The molecule has 5 rings (SSSR count). The highest BCUT2D eigenvalue weighted by Gasteiger charge is 2.75. The molecule has 3 heterocycles. The lowest BCUT2D eigenvalue weighted by Gasteiger charge is -2.39. The van der Waals surface area contributed by atoms with Gasteiger partial charge in [-0.3, -0.25) is 14.4 Å². The Morgan fingerprint density at radius 2 is 1.80 bits per heavy atom. The minimum Gasteiger partial charge on any atom is -0.494 e. The summed E-state index contributed by atoms with van der Waals surface area (Å²) in [7, 11) is 0. The Morgan fingerprint density at radius 3 is 2.50 bits per heavy atom. The number of hydrogen-bond donors (Lipinski definition) is 3. The van der Waals surface area contributed by atoms with Crippen LogP contribution in [-0.4, -0.2) is 69.6 Å². The van der Waals surface area contributed by atoms with Crippen LogP contribution in [0.3, 0.4) is 0 Å². The van der Waals surface area contributed by atoms with Crippen molar-refractivity contribution in [2.75, 3.05) is 25.1 Å². The van der Waals surface area contributed by atoms with Gasteiger partial charge < -0.3 is 25.4 Å². The van der Waals surface area contributed by atoms with Gasteiger partial charge in [-0.25, -0.2) is 0 Å². The van der Waals surface area contributed by atoms with Gasteiger partial charge in [0, 0.05) is 30.1 Å². The Hall–Kier alpha value is -2.26. The normalized spacial score (nSPS) is 31.3. The summed E-state index contributed by atoms with van der Waals surface area (Å²) in [6.45, 7) is 5.35. The van der Waals surface area contributed by atoms with Gasteiger partial charge in [-0.05, 0) is 69.2 Å². The van der Waals surface area contributed by atoms with Crippen molar-refractivity contribution in [2.24, 2.45) is 17.8 Å². The molecule has 40 heavy (non-hydrogen) atoms. The average molecular weight is 572 g/mol. The number of aliphatic hydroxyl groups is 1. The van der Waals surface area contributed by atoms with Crippen LogP contribution in [0.15, 0.2) is 24.3 Å². The number of amides is 3. The molecule has 0 aromatic heterocycles. The lowest BCUT2D eigenvalue weighted by molar-refractivity contribution is -0.139. The molecule has 6 atom stereocenters. The second-order valence-electron chi connectivity index (χ2n) is 12.0. The molecule has 3 amide bonds. The van der Waals surface area contributed by atoms with E-state index in [1.165, 1.54) is 6.42 Å². The Kier molecular flexibility index (Phi) is 9.30. The number of hydrogen-bond acceptors (Lipinski definition) is 6. The van der Waals surface area contributed by atoms with E-state index in [9.17, 15) is 14.4 Å². The number of rotatable bonds is 12. The lowest BCUT2D eigenvalue weighted by Crippen LogP contribution is -2.57. The van der Waals surface area contributed by atoms with Crippen LogP contribution < -0.4 is 15.4 Å². The van der Waals surface area contributed by atoms with Gasteiger partial charge in [-0.15, -0.1) is 11.8 Å². The molecule has 1 aromatic rings. The maximum atomic E-state index is 14.2. The molecule has 1 saturated carbocycles. The third kappa shape index (κ3) is 5.48. The van der Waals surface area contributed by atoms with E-state index in [-0.39, 0.29) is 41.5 Å². The zero-order valence-corrected chi connectivity index (χ0v) is 24.7. The van der Waals surface area contributed by atoms with Crippen LogP contribution in [-0.2, 0) is 14.4 Å². The average Bonchev–Trinajstić information content (AvgIpc) is 3.54. The van der Waals surface area contributed by atoms with Crippen molar-refractivity contribution < 1.29 is 24.2 Å². The second-order valence-corrected chi connectivity index (χ2v) is 13.6. The minimum absolute atomic E-state index is 0.0170. The number of ether oxygens (including phenoxy) is 1. The molecule has 3 unspecified atom stereocenters. The first kappa shape index (κ1) is 29.2. The van der Waals surface area contributed by atoms with Crippen molar-refractivity contribution in [2.45, 2.75) is 100 Å². The first-order valence-corrected chi connectivity index (χ1v) is 16.2. The zero-order valence-electron chi connectivity index (χ0n) is 23.9. The van der Waals surface area contributed by atoms with Crippen molar-refractivity contribution in [3.63, 3.8) is 0 Å². The predicted molar refractivity (Wildman–Crippen MR) is 157 cm³/mol. The smallest absolute Gasteiger partial charge is 0.244 e. The highest BCUT2D eigenvalue weighted by atomic mass is 32.2. The van der Waals surface area contributed by atoms with E-state index in [1.807, 2.05) is 36.1 Å². The Balaban J connectivity index is 1.39. The molecule has 220 valence electrons. The maximum absolute atomic E-state index is 14.2. The molecule has 4 fully saturated rings.